The highest BCUT2D eigenvalue weighted by Gasteiger charge is 2.20. The first-order valence-electron chi connectivity index (χ1n) is 5.27. The van der Waals surface area contributed by atoms with Gasteiger partial charge in [-0.05, 0) is 37.0 Å². The van der Waals surface area contributed by atoms with E-state index < -0.39 is 18.2 Å². The molecule has 1 aromatic heterocycles. The van der Waals surface area contributed by atoms with Gasteiger partial charge in [-0.3, -0.25) is 0 Å². The van der Waals surface area contributed by atoms with Gasteiger partial charge in [0.2, 0.25) is 0 Å². The van der Waals surface area contributed by atoms with Crippen LogP contribution in [-0.4, -0.2) is 43.0 Å². The summed E-state index contributed by atoms with van der Waals surface area (Å²) in [6.45, 7) is 0.617. The summed E-state index contributed by atoms with van der Waals surface area (Å²) in [5.74, 6) is -0.432. The van der Waals surface area contributed by atoms with Crippen LogP contribution in [0.15, 0.2) is 11.4 Å². The Bertz CT molecular complexity index is 366. The van der Waals surface area contributed by atoms with Crippen LogP contribution in [0.2, 0.25) is 0 Å². The molecule has 0 radical (unpaired) electrons. The van der Waals surface area contributed by atoms with Crippen LogP contribution in [0.25, 0.3) is 0 Å². The topological polar surface area (TPSA) is 78.8 Å². The molecular formula is C11H17NO4S. The number of carbonyl (C=O) groups excluding carboxylic acids is 1. The lowest BCUT2D eigenvalue weighted by molar-refractivity contribution is 0.0142. The fourth-order valence-corrected chi connectivity index (χ4v) is 2.24. The molecule has 0 fully saturated rings. The largest absolute Gasteiger partial charge is 0.465 e. The molecule has 0 amide bonds. The van der Waals surface area contributed by atoms with Crippen molar-refractivity contribution in [3.63, 3.8) is 0 Å². The van der Waals surface area contributed by atoms with Crippen LogP contribution in [0.3, 0.4) is 0 Å². The number of ether oxygens (including phenoxy) is 1. The summed E-state index contributed by atoms with van der Waals surface area (Å²) in [4.78, 5) is 11.6. The summed E-state index contributed by atoms with van der Waals surface area (Å²) in [7, 11) is 3.08. The number of nitrogens with one attached hydrogen (secondary N) is 1. The Kier molecular flexibility index (Phi) is 5.57. The van der Waals surface area contributed by atoms with Gasteiger partial charge in [0.05, 0.1) is 13.2 Å². The second kappa shape index (κ2) is 6.70. The van der Waals surface area contributed by atoms with Crippen molar-refractivity contribution in [1.29, 1.82) is 0 Å². The predicted octanol–water partition coefficient (Wildman–Crippen LogP) is 0.539. The van der Waals surface area contributed by atoms with Gasteiger partial charge in [0.1, 0.15) is 11.0 Å². The zero-order valence-corrected chi connectivity index (χ0v) is 10.7. The average Bonchev–Trinajstić information content (AvgIpc) is 2.83. The van der Waals surface area contributed by atoms with Gasteiger partial charge < -0.3 is 20.3 Å². The van der Waals surface area contributed by atoms with Crippen LogP contribution < -0.4 is 5.32 Å². The Balaban J connectivity index is 2.65. The summed E-state index contributed by atoms with van der Waals surface area (Å²) >= 11 is 1.19. The molecule has 3 N–H and O–H groups in total. The number of hydrogen-bond acceptors (Lipinski definition) is 6. The number of rotatable bonds is 6. The normalized spacial score (nSPS) is 14.4. The van der Waals surface area contributed by atoms with Gasteiger partial charge in [-0.1, -0.05) is 0 Å². The Hall–Kier alpha value is -0.950. The van der Waals surface area contributed by atoms with Crippen molar-refractivity contribution in [3.05, 3.63) is 21.9 Å². The molecule has 6 heteroatoms. The van der Waals surface area contributed by atoms with Gasteiger partial charge in [0.25, 0.3) is 0 Å². The average molecular weight is 259 g/mol. The van der Waals surface area contributed by atoms with Crippen LogP contribution in [0, 0.1) is 0 Å². The van der Waals surface area contributed by atoms with Crippen molar-refractivity contribution in [2.45, 2.75) is 18.6 Å². The maximum Gasteiger partial charge on any atom is 0.348 e. The highest BCUT2D eigenvalue weighted by atomic mass is 32.1. The summed E-state index contributed by atoms with van der Waals surface area (Å²) in [5, 5.41) is 24.1. The van der Waals surface area contributed by atoms with Crippen LogP contribution >= 0.6 is 11.3 Å². The van der Waals surface area contributed by atoms with E-state index >= 15 is 0 Å². The molecule has 5 nitrogen and oxygen atoms in total. The third-order valence-corrected chi connectivity index (χ3v) is 3.33. The van der Waals surface area contributed by atoms with Gasteiger partial charge in [-0.2, -0.15) is 0 Å². The Morgan fingerprint density at radius 2 is 2.29 bits per heavy atom. The number of aliphatic hydroxyl groups excluding tert-OH is 2. The lowest BCUT2D eigenvalue weighted by atomic mass is 10.0. The van der Waals surface area contributed by atoms with Crippen molar-refractivity contribution < 1.29 is 19.7 Å². The highest BCUT2D eigenvalue weighted by Crippen LogP contribution is 2.24. The monoisotopic (exact) mass is 259 g/mol. The Morgan fingerprint density at radius 3 is 2.88 bits per heavy atom. The highest BCUT2D eigenvalue weighted by molar-refractivity contribution is 7.12. The minimum atomic E-state index is -0.974. The van der Waals surface area contributed by atoms with E-state index in [1.54, 1.807) is 18.5 Å². The molecule has 2 atom stereocenters. The number of thiophene rings is 1. The molecule has 1 aromatic rings. The van der Waals surface area contributed by atoms with E-state index in [-0.39, 0.29) is 0 Å². The number of carbonyl (C=O) groups is 1. The van der Waals surface area contributed by atoms with E-state index in [0.717, 1.165) is 0 Å². The smallest absolute Gasteiger partial charge is 0.348 e. The van der Waals surface area contributed by atoms with Gasteiger partial charge in [-0.15, -0.1) is 11.3 Å². The van der Waals surface area contributed by atoms with Crippen LogP contribution in [0.5, 0.6) is 0 Å². The molecule has 0 bridgehead atoms. The molecule has 1 rings (SSSR count). The zero-order valence-electron chi connectivity index (χ0n) is 9.84. The lowest BCUT2D eigenvalue weighted by Gasteiger charge is -2.16. The number of methoxy groups -OCH3 is 1. The van der Waals surface area contributed by atoms with E-state index in [0.29, 0.717) is 23.4 Å². The van der Waals surface area contributed by atoms with Crippen molar-refractivity contribution in [2.24, 2.45) is 0 Å². The van der Waals surface area contributed by atoms with E-state index in [4.69, 9.17) is 0 Å². The van der Waals surface area contributed by atoms with Crippen molar-refractivity contribution in [2.75, 3.05) is 20.7 Å². The molecule has 0 saturated heterocycles. The molecule has 0 spiro atoms. The van der Waals surface area contributed by atoms with E-state index in [2.05, 4.69) is 10.1 Å². The van der Waals surface area contributed by atoms with Gasteiger partial charge in [0.15, 0.2) is 0 Å². The third-order valence-electron chi connectivity index (χ3n) is 2.40. The van der Waals surface area contributed by atoms with Crippen LogP contribution in [0.4, 0.5) is 0 Å². The van der Waals surface area contributed by atoms with E-state index in [1.165, 1.54) is 18.4 Å². The third kappa shape index (κ3) is 3.78. The summed E-state index contributed by atoms with van der Waals surface area (Å²) < 4.78 is 4.57. The fraction of sp³-hybridized carbons (Fsp3) is 0.545. The molecule has 96 valence electrons. The number of aliphatic hydroxyl groups is 2. The molecule has 0 saturated carbocycles. The van der Waals surface area contributed by atoms with Crippen LogP contribution in [0.1, 0.15) is 27.8 Å². The van der Waals surface area contributed by atoms with Crippen molar-refractivity contribution in [1.82, 2.24) is 5.32 Å². The Morgan fingerprint density at radius 1 is 1.59 bits per heavy atom. The molecule has 17 heavy (non-hydrogen) atoms. The minimum absolute atomic E-state index is 0.419. The fourth-order valence-electron chi connectivity index (χ4n) is 1.39. The maximum absolute atomic E-state index is 11.2. The van der Waals surface area contributed by atoms with Crippen molar-refractivity contribution in [3.8, 4) is 0 Å². The summed E-state index contributed by atoms with van der Waals surface area (Å²) in [6, 6.07) is 1.55. The van der Waals surface area contributed by atoms with E-state index in [1.807, 2.05) is 0 Å². The zero-order chi connectivity index (χ0) is 12.8. The van der Waals surface area contributed by atoms with Gasteiger partial charge in [0, 0.05) is 0 Å². The summed E-state index contributed by atoms with van der Waals surface area (Å²) in [5.41, 5.74) is 0.541. The minimum Gasteiger partial charge on any atom is -0.465 e. The molecule has 1 heterocycles. The molecule has 0 aromatic carbocycles. The lowest BCUT2D eigenvalue weighted by Crippen LogP contribution is -2.23. The quantitative estimate of drug-likeness (QED) is 0.650. The molecule has 0 aliphatic carbocycles. The predicted molar refractivity (Wildman–Crippen MR) is 65.2 cm³/mol. The van der Waals surface area contributed by atoms with Gasteiger partial charge in [-0.25, -0.2) is 4.79 Å². The van der Waals surface area contributed by atoms with Crippen molar-refractivity contribution >= 4 is 17.3 Å². The SMILES string of the molecule is CNCCC(O)C(O)c1csc(C(=O)OC)c1. The van der Waals surface area contributed by atoms with Crippen LogP contribution in [-0.2, 0) is 4.74 Å². The molecule has 0 aliphatic heterocycles. The molecular weight excluding hydrogens is 242 g/mol. The number of hydrogen-bond donors (Lipinski definition) is 3. The standard InChI is InChI=1S/C11H17NO4S/c1-12-4-3-8(13)10(14)7-5-9(17-6-7)11(15)16-2/h5-6,8,10,12-14H,3-4H2,1-2H3. The second-order valence-corrected chi connectivity index (χ2v) is 4.55. The first-order valence-corrected chi connectivity index (χ1v) is 6.15. The first-order chi connectivity index (χ1) is 8.10. The molecule has 0 aliphatic rings. The van der Waals surface area contributed by atoms with Gasteiger partial charge >= 0.3 is 5.97 Å². The van der Waals surface area contributed by atoms with E-state index in [9.17, 15) is 15.0 Å². The number of esters is 1. The summed E-state index contributed by atoms with van der Waals surface area (Å²) in [6.07, 6.45) is -1.37. The first kappa shape index (κ1) is 14.1. The molecule has 2 unspecified atom stereocenters. The Labute approximate surface area is 104 Å². The second-order valence-electron chi connectivity index (χ2n) is 3.64. The maximum atomic E-state index is 11.2.